The van der Waals surface area contributed by atoms with Gasteiger partial charge in [-0.25, -0.2) is 4.79 Å². The number of carbonyl (C=O) groups is 1. The van der Waals surface area contributed by atoms with E-state index >= 15 is 0 Å². The van der Waals surface area contributed by atoms with Crippen molar-refractivity contribution >= 4 is 6.09 Å². The van der Waals surface area contributed by atoms with E-state index in [2.05, 4.69) is 10.2 Å². The van der Waals surface area contributed by atoms with Gasteiger partial charge in [-0.15, -0.1) is 0 Å². The minimum Gasteiger partial charge on any atom is -0.444 e. The van der Waals surface area contributed by atoms with Gasteiger partial charge in [-0.1, -0.05) is 0 Å². The van der Waals surface area contributed by atoms with Crippen LogP contribution in [0.3, 0.4) is 0 Å². The molecule has 5 heteroatoms. The SMILES string of the molecule is CC(C)(C)OC(=O)N1CCN(CC2CCCNC2)CC1. The molecule has 116 valence electrons. The summed E-state index contributed by atoms with van der Waals surface area (Å²) < 4.78 is 5.42. The van der Waals surface area contributed by atoms with E-state index in [1.54, 1.807) is 0 Å². The molecule has 2 aliphatic rings. The molecule has 2 saturated heterocycles. The van der Waals surface area contributed by atoms with Gasteiger partial charge in [-0.05, 0) is 52.6 Å². The zero-order valence-corrected chi connectivity index (χ0v) is 13.2. The number of piperazine rings is 1. The number of rotatable bonds is 2. The Balaban J connectivity index is 1.70. The standard InChI is InChI=1S/C15H29N3O2/c1-15(2,3)20-14(19)18-9-7-17(8-10-18)12-13-5-4-6-16-11-13/h13,16H,4-12H2,1-3H3. The Hall–Kier alpha value is -0.810. The van der Waals surface area contributed by atoms with Gasteiger partial charge in [0.15, 0.2) is 0 Å². The van der Waals surface area contributed by atoms with E-state index in [0.29, 0.717) is 0 Å². The highest BCUT2D eigenvalue weighted by molar-refractivity contribution is 5.68. The van der Waals surface area contributed by atoms with E-state index in [0.717, 1.165) is 45.2 Å². The first-order valence-electron chi connectivity index (χ1n) is 7.85. The van der Waals surface area contributed by atoms with E-state index in [1.165, 1.54) is 19.4 Å². The quantitative estimate of drug-likeness (QED) is 0.835. The Bertz CT molecular complexity index is 314. The Labute approximate surface area is 122 Å². The molecule has 0 aromatic heterocycles. The van der Waals surface area contributed by atoms with Gasteiger partial charge in [0, 0.05) is 32.7 Å². The molecule has 1 N–H and O–H groups in total. The van der Waals surface area contributed by atoms with E-state index in [9.17, 15) is 4.79 Å². The van der Waals surface area contributed by atoms with E-state index < -0.39 is 5.60 Å². The van der Waals surface area contributed by atoms with E-state index in [4.69, 9.17) is 4.74 Å². The molecule has 2 heterocycles. The topological polar surface area (TPSA) is 44.8 Å². The number of hydrogen-bond donors (Lipinski definition) is 1. The lowest BCUT2D eigenvalue weighted by Gasteiger charge is -2.37. The second-order valence-electron chi connectivity index (χ2n) is 6.98. The van der Waals surface area contributed by atoms with Crippen LogP contribution in [-0.2, 0) is 4.74 Å². The number of nitrogens with one attached hydrogen (secondary N) is 1. The van der Waals surface area contributed by atoms with Crippen molar-refractivity contribution in [1.29, 1.82) is 0 Å². The molecule has 0 bridgehead atoms. The average molecular weight is 283 g/mol. The van der Waals surface area contributed by atoms with Crippen LogP contribution in [0.5, 0.6) is 0 Å². The van der Waals surface area contributed by atoms with Crippen molar-refractivity contribution in [2.24, 2.45) is 5.92 Å². The molecule has 1 unspecified atom stereocenters. The first kappa shape index (κ1) is 15.6. The highest BCUT2D eigenvalue weighted by atomic mass is 16.6. The Morgan fingerprint density at radius 2 is 1.95 bits per heavy atom. The van der Waals surface area contributed by atoms with Gasteiger partial charge in [0.1, 0.15) is 5.60 Å². The van der Waals surface area contributed by atoms with Crippen LogP contribution < -0.4 is 5.32 Å². The number of nitrogens with zero attached hydrogens (tertiary/aromatic N) is 2. The molecule has 2 rings (SSSR count). The third-order valence-electron chi connectivity index (χ3n) is 3.94. The Morgan fingerprint density at radius 3 is 2.50 bits per heavy atom. The van der Waals surface area contributed by atoms with Crippen LogP contribution in [0.4, 0.5) is 4.79 Å². The first-order chi connectivity index (χ1) is 9.44. The van der Waals surface area contributed by atoms with Gasteiger partial charge in [-0.2, -0.15) is 0 Å². The van der Waals surface area contributed by atoms with Crippen LogP contribution in [0.15, 0.2) is 0 Å². The van der Waals surface area contributed by atoms with Crippen LogP contribution in [0, 0.1) is 5.92 Å². The number of piperidine rings is 1. The predicted octanol–water partition coefficient (Wildman–Crippen LogP) is 1.54. The largest absolute Gasteiger partial charge is 0.444 e. The molecule has 1 amide bonds. The third kappa shape index (κ3) is 4.94. The number of hydrogen-bond acceptors (Lipinski definition) is 4. The van der Waals surface area contributed by atoms with Crippen molar-refractivity contribution in [2.45, 2.75) is 39.2 Å². The minimum atomic E-state index is -0.401. The van der Waals surface area contributed by atoms with Crippen LogP contribution in [-0.4, -0.2) is 67.3 Å². The fourth-order valence-corrected chi connectivity index (χ4v) is 2.88. The molecular weight excluding hydrogens is 254 g/mol. The molecule has 0 spiro atoms. The smallest absolute Gasteiger partial charge is 0.410 e. The maximum absolute atomic E-state index is 12.0. The maximum Gasteiger partial charge on any atom is 0.410 e. The van der Waals surface area contributed by atoms with Crippen molar-refractivity contribution < 1.29 is 9.53 Å². The molecule has 20 heavy (non-hydrogen) atoms. The normalized spacial score (nSPS) is 25.6. The molecular formula is C15H29N3O2. The van der Waals surface area contributed by atoms with Crippen molar-refractivity contribution in [3.8, 4) is 0 Å². The number of amides is 1. The van der Waals surface area contributed by atoms with Gasteiger partial charge >= 0.3 is 6.09 Å². The molecule has 1 atom stereocenters. The summed E-state index contributed by atoms with van der Waals surface area (Å²) in [6, 6.07) is 0. The second-order valence-corrected chi connectivity index (χ2v) is 6.98. The van der Waals surface area contributed by atoms with Gasteiger partial charge in [0.05, 0.1) is 0 Å². The van der Waals surface area contributed by atoms with Crippen LogP contribution in [0.2, 0.25) is 0 Å². The van der Waals surface area contributed by atoms with Gasteiger partial charge in [0.25, 0.3) is 0 Å². The van der Waals surface area contributed by atoms with Crippen molar-refractivity contribution in [3.05, 3.63) is 0 Å². The summed E-state index contributed by atoms with van der Waals surface area (Å²) in [7, 11) is 0. The maximum atomic E-state index is 12.0. The van der Waals surface area contributed by atoms with Crippen molar-refractivity contribution in [1.82, 2.24) is 15.1 Å². The van der Waals surface area contributed by atoms with E-state index in [1.807, 2.05) is 25.7 Å². The Kier molecular flexibility index (Phi) is 5.27. The monoisotopic (exact) mass is 283 g/mol. The predicted molar refractivity (Wildman–Crippen MR) is 79.8 cm³/mol. The lowest BCUT2D eigenvalue weighted by molar-refractivity contribution is 0.0130. The van der Waals surface area contributed by atoms with Crippen molar-refractivity contribution in [2.75, 3.05) is 45.8 Å². The lowest BCUT2D eigenvalue weighted by atomic mass is 9.99. The first-order valence-corrected chi connectivity index (χ1v) is 7.85. The molecule has 2 fully saturated rings. The van der Waals surface area contributed by atoms with Gasteiger partial charge < -0.3 is 15.0 Å². The van der Waals surface area contributed by atoms with Gasteiger partial charge in [-0.3, -0.25) is 4.90 Å². The average Bonchev–Trinajstić information content (AvgIpc) is 2.39. The summed E-state index contributed by atoms with van der Waals surface area (Å²) in [6.07, 6.45) is 2.46. The summed E-state index contributed by atoms with van der Waals surface area (Å²) in [6.45, 7) is 12.7. The second kappa shape index (κ2) is 6.76. The zero-order chi connectivity index (χ0) is 14.6. The summed E-state index contributed by atoms with van der Waals surface area (Å²) in [5, 5.41) is 3.47. The molecule has 0 aromatic carbocycles. The Morgan fingerprint density at radius 1 is 1.25 bits per heavy atom. The van der Waals surface area contributed by atoms with Gasteiger partial charge in [0.2, 0.25) is 0 Å². The number of ether oxygens (including phenoxy) is 1. The molecule has 0 aliphatic carbocycles. The highest BCUT2D eigenvalue weighted by Gasteiger charge is 2.27. The molecule has 0 aromatic rings. The summed E-state index contributed by atoms with van der Waals surface area (Å²) in [4.78, 5) is 16.3. The molecule has 0 saturated carbocycles. The highest BCUT2D eigenvalue weighted by Crippen LogP contribution is 2.15. The van der Waals surface area contributed by atoms with E-state index in [-0.39, 0.29) is 6.09 Å². The summed E-state index contributed by atoms with van der Waals surface area (Å²) in [5.74, 6) is 0.775. The zero-order valence-electron chi connectivity index (χ0n) is 13.2. The minimum absolute atomic E-state index is 0.170. The fraction of sp³-hybridized carbons (Fsp3) is 0.933. The van der Waals surface area contributed by atoms with Crippen molar-refractivity contribution in [3.63, 3.8) is 0 Å². The fourth-order valence-electron chi connectivity index (χ4n) is 2.88. The molecule has 0 radical (unpaired) electrons. The summed E-state index contributed by atoms with van der Waals surface area (Å²) in [5.41, 5.74) is -0.401. The third-order valence-corrected chi connectivity index (χ3v) is 3.94. The van der Waals surface area contributed by atoms with Crippen LogP contribution in [0.25, 0.3) is 0 Å². The van der Waals surface area contributed by atoms with Crippen LogP contribution >= 0.6 is 0 Å². The molecule has 5 nitrogen and oxygen atoms in total. The molecule has 2 aliphatic heterocycles. The summed E-state index contributed by atoms with van der Waals surface area (Å²) >= 11 is 0. The van der Waals surface area contributed by atoms with Crippen LogP contribution in [0.1, 0.15) is 33.6 Å². The lowest BCUT2D eigenvalue weighted by Crippen LogP contribution is -2.51. The number of carbonyl (C=O) groups excluding carboxylic acids is 1.